The maximum absolute atomic E-state index is 11.5. The van der Waals surface area contributed by atoms with Crippen molar-refractivity contribution in [2.75, 3.05) is 6.61 Å². The second kappa shape index (κ2) is 7.27. The van der Waals surface area contributed by atoms with Gasteiger partial charge in [0.15, 0.2) is 0 Å². The van der Waals surface area contributed by atoms with Crippen molar-refractivity contribution in [1.29, 1.82) is 0 Å². The van der Waals surface area contributed by atoms with E-state index in [1.54, 1.807) is 0 Å². The number of hydrogen-bond acceptors (Lipinski definition) is 4. The Bertz CT molecular complexity index is 423. The summed E-state index contributed by atoms with van der Waals surface area (Å²) < 4.78 is 9.74. The molecule has 0 heterocycles. The summed E-state index contributed by atoms with van der Waals surface area (Å²) >= 11 is 0. The lowest BCUT2D eigenvalue weighted by molar-refractivity contribution is -0.147. The fourth-order valence-electron chi connectivity index (χ4n) is 1.18. The highest BCUT2D eigenvalue weighted by atomic mass is 16.6. The van der Waals surface area contributed by atoms with Gasteiger partial charge in [0.25, 0.3) is 0 Å². The van der Waals surface area contributed by atoms with Crippen LogP contribution in [0.25, 0.3) is 0 Å². The van der Waals surface area contributed by atoms with Crippen molar-refractivity contribution in [3.05, 3.63) is 48.0 Å². The first-order valence-electron chi connectivity index (χ1n) is 5.72. The molecular formula is C14H16O4. The topological polar surface area (TPSA) is 52.6 Å². The average Bonchev–Trinajstić information content (AvgIpc) is 2.42. The van der Waals surface area contributed by atoms with Crippen LogP contribution in [0.3, 0.4) is 0 Å². The molecule has 0 saturated carbocycles. The summed E-state index contributed by atoms with van der Waals surface area (Å²) in [6, 6.07) is 9.20. The second-order valence-electron chi connectivity index (χ2n) is 3.68. The summed E-state index contributed by atoms with van der Waals surface area (Å²) in [4.78, 5) is 22.8. The molecule has 1 aromatic rings. The Balaban J connectivity index is 2.41. The van der Waals surface area contributed by atoms with Crippen molar-refractivity contribution >= 4 is 11.9 Å². The molecule has 0 aliphatic heterocycles. The zero-order valence-corrected chi connectivity index (χ0v) is 10.3. The Hall–Kier alpha value is -2.10. The lowest BCUT2D eigenvalue weighted by Gasteiger charge is -2.07. The van der Waals surface area contributed by atoms with Gasteiger partial charge in [0.05, 0.1) is 6.61 Å². The van der Waals surface area contributed by atoms with Gasteiger partial charge in [-0.25, -0.2) is 9.59 Å². The van der Waals surface area contributed by atoms with Gasteiger partial charge in [-0.1, -0.05) is 43.8 Å². The SMILES string of the molecule is C=C(C(=O)OCCC)C(=O)OCc1ccccc1. The summed E-state index contributed by atoms with van der Waals surface area (Å²) in [5.41, 5.74) is 0.569. The molecular weight excluding hydrogens is 232 g/mol. The van der Waals surface area contributed by atoms with Crippen molar-refractivity contribution < 1.29 is 19.1 Å². The fourth-order valence-corrected chi connectivity index (χ4v) is 1.18. The standard InChI is InChI=1S/C14H16O4/c1-3-9-17-13(15)11(2)14(16)18-10-12-7-5-4-6-8-12/h4-8H,2-3,9-10H2,1H3. The Morgan fingerprint density at radius 2 is 1.72 bits per heavy atom. The van der Waals surface area contributed by atoms with Crippen molar-refractivity contribution in [3.63, 3.8) is 0 Å². The Labute approximate surface area is 106 Å². The summed E-state index contributed by atoms with van der Waals surface area (Å²) in [6.45, 7) is 5.61. The van der Waals surface area contributed by atoms with Crippen LogP contribution in [0.2, 0.25) is 0 Å². The lowest BCUT2D eigenvalue weighted by Crippen LogP contribution is -2.17. The van der Waals surface area contributed by atoms with E-state index in [9.17, 15) is 9.59 Å². The first-order chi connectivity index (χ1) is 8.65. The zero-order chi connectivity index (χ0) is 13.4. The lowest BCUT2D eigenvalue weighted by atomic mass is 10.2. The Morgan fingerprint density at radius 3 is 2.33 bits per heavy atom. The van der Waals surface area contributed by atoms with E-state index in [2.05, 4.69) is 6.58 Å². The predicted molar refractivity (Wildman–Crippen MR) is 66.6 cm³/mol. The molecule has 0 aliphatic rings. The maximum atomic E-state index is 11.5. The third-order valence-corrected chi connectivity index (χ3v) is 2.14. The molecule has 0 spiro atoms. The molecule has 0 saturated heterocycles. The summed E-state index contributed by atoms with van der Waals surface area (Å²) in [5, 5.41) is 0. The van der Waals surface area contributed by atoms with Gasteiger partial charge in [0.1, 0.15) is 12.2 Å². The number of carbonyl (C=O) groups excluding carboxylic acids is 2. The number of rotatable bonds is 6. The molecule has 96 valence electrons. The third-order valence-electron chi connectivity index (χ3n) is 2.14. The Morgan fingerprint density at radius 1 is 1.11 bits per heavy atom. The average molecular weight is 248 g/mol. The van der Waals surface area contributed by atoms with Crippen LogP contribution in [0.1, 0.15) is 18.9 Å². The van der Waals surface area contributed by atoms with Gasteiger partial charge in [-0.3, -0.25) is 0 Å². The van der Waals surface area contributed by atoms with E-state index in [1.807, 2.05) is 37.3 Å². The number of carbonyl (C=O) groups is 2. The molecule has 0 bridgehead atoms. The molecule has 1 rings (SSSR count). The zero-order valence-electron chi connectivity index (χ0n) is 10.3. The van der Waals surface area contributed by atoms with E-state index in [-0.39, 0.29) is 18.8 Å². The van der Waals surface area contributed by atoms with Gasteiger partial charge in [-0.2, -0.15) is 0 Å². The first-order valence-corrected chi connectivity index (χ1v) is 5.72. The van der Waals surface area contributed by atoms with Crippen LogP contribution in [-0.4, -0.2) is 18.5 Å². The summed E-state index contributed by atoms with van der Waals surface area (Å²) in [6.07, 6.45) is 0.693. The highest BCUT2D eigenvalue weighted by molar-refractivity contribution is 6.13. The van der Waals surface area contributed by atoms with E-state index in [1.165, 1.54) is 0 Å². The molecule has 4 heteroatoms. The van der Waals surface area contributed by atoms with Gasteiger partial charge in [0.2, 0.25) is 0 Å². The van der Waals surface area contributed by atoms with Crippen molar-refractivity contribution in [2.45, 2.75) is 20.0 Å². The van der Waals surface area contributed by atoms with Gasteiger partial charge < -0.3 is 9.47 Å². The third kappa shape index (κ3) is 4.41. The molecule has 0 aromatic heterocycles. The number of hydrogen-bond donors (Lipinski definition) is 0. The normalized spacial score (nSPS) is 9.61. The molecule has 0 atom stereocenters. The van der Waals surface area contributed by atoms with Crippen LogP contribution in [-0.2, 0) is 25.7 Å². The van der Waals surface area contributed by atoms with Crippen LogP contribution >= 0.6 is 0 Å². The van der Waals surface area contributed by atoms with Crippen molar-refractivity contribution in [2.24, 2.45) is 0 Å². The minimum absolute atomic E-state index is 0.111. The molecule has 0 fully saturated rings. The predicted octanol–water partition coefficient (Wildman–Crippen LogP) is 2.24. The highest BCUT2D eigenvalue weighted by Crippen LogP contribution is 2.05. The largest absolute Gasteiger partial charge is 0.462 e. The molecule has 0 aliphatic carbocycles. The minimum Gasteiger partial charge on any atom is -0.462 e. The Kier molecular flexibility index (Phi) is 5.64. The van der Waals surface area contributed by atoms with E-state index in [4.69, 9.17) is 9.47 Å². The van der Waals surface area contributed by atoms with Crippen molar-refractivity contribution in [3.8, 4) is 0 Å². The van der Waals surface area contributed by atoms with Crippen LogP contribution in [0.4, 0.5) is 0 Å². The fraction of sp³-hybridized carbons (Fsp3) is 0.286. The molecule has 0 radical (unpaired) electrons. The van der Waals surface area contributed by atoms with E-state index >= 15 is 0 Å². The molecule has 18 heavy (non-hydrogen) atoms. The van der Waals surface area contributed by atoms with Crippen LogP contribution in [0.5, 0.6) is 0 Å². The quantitative estimate of drug-likeness (QED) is 0.335. The smallest absolute Gasteiger partial charge is 0.345 e. The monoisotopic (exact) mass is 248 g/mol. The van der Waals surface area contributed by atoms with Gasteiger partial charge in [0, 0.05) is 0 Å². The van der Waals surface area contributed by atoms with Crippen LogP contribution in [0, 0.1) is 0 Å². The number of benzene rings is 1. The maximum Gasteiger partial charge on any atom is 0.345 e. The van der Waals surface area contributed by atoms with Gasteiger partial charge >= 0.3 is 11.9 Å². The first kappa shape index (κ1) is 14.0. The molecule has 0 N–H and O–H groups in total. The summed E-state index contributed by atoms with van der Waals surface area (Å²) in [7, 11) is 0. The molecule has 0 unspecified atom stereocenters. The van der Waals surface area contributed by atoms with Crippen LogP contribution in [0.15, 0.2) is 42.5 Å². The molecule has 0 amide bonds. The van der Waals surface area contributed by atoms with Gasteiger partial charge in [-0.15, -0.1) is 0 Å². The van der Waals surface area contributed by atoms with Crippen molar-refractivity contribution in [1.82, 2.24) is 0 Å². The minimum atomic E-state index is -0.750. The number of ether oxygens (including phenoxy) is 2. The summed E-state index contributed by atoms with van der Waals surface area (Å²) in [5.74, 6) is -1.48. The molecule has 4 nitrogen and oxygen atoms in total. The highest BCUT2D eigenvalue weighted by Gasteiger charge is 2.18. The van der Waals surface area contributed by atoms with E-state index in [0.29, 0.717) is 6.42 Å². The second-order valence-corrected chi connectivity index (χ2v) is 3.68. The number of esters is 2. The van der Waals surface area contributed by atoms with Gasteiger partial charge in [-0.05, 0) is 12.0 Å². The van der Waals surface area contributed by atoms with Crippen LogP contribution < -0.4 is 0 Å². The molecule has 1 aromatic carbocycles. The van der Waals surface area contributed by atoms with E-state index in [0.717, 1.165) is 5.56 Å². The van der Waals surface area contributed by atoms with E-state index < -0.39 is 11.9 Å².